The third kappa shape index (κ3) is 6.33. The number of rotatable bonds is 8. The van der Waals surface area contributed by atoms with Crippen molar-refractivity contribution in [1.29, 1.82) is 0 Å². The summed E-state index contributed by atoms with van der Waals surface area (Å²) in [6.07, 6.45) is 5.02. The fraction of sp³-hybridized carbons (Fsp3) is 0.333. The fourth-order valence-electron chi connectivity index (χ4n) is 3.69. The van der Waals surface area contributed by atoms with Crippen molar-refractivity contribution in [3.63, 3.8) is 0 Å². The number of nitrogens with zero attached hydrogens (tertiary/aromatic N) is 1. The molecular weight excluding hydrogens is 394 g/mol. The van der Waals surface area contributed by atoms with Crippen LogP contribution in [0, 0.1) is 5.92 Å². The molecule has 1 saturated heterocycles. The summed E-state index contributed by atoms with van der Waals surface area (Å²) in [5.41, 5.74) is 8.08. The summed E-state index contributed by atoms with van der Waals surface area (Å²) < 4.78 is 10.5. The zero-order valence-corrected chi connectivity index (χ0v) is 18.0. The summed E-state index contributed by atoms with van der Waals surface area (Å²) in [5, 5.41) is 2.86. The minimum atomic E-state index is -0.231. The van der Waals surface area contributed by atoms with E-state index >= 15 is 0 Å². The first-order valence-corrected chi connectivity index (χ1v) is 10.3. The van der Waals surface area contributed by atoms with E-state index in [2.05, 4.69) is 10.2 Å². The number of piperidine rings is 1. The number of primary amides is 1. The van der Waals surface area contributed by atoms with Crippen LogP contribution in [0.5, 0.6) is 11.5 Å². The van der Waals surface area contributed by atoms with Crippen molar-refractivity contribution in [2.75, 3.05) is 32.6 Å². The molecule has 0 spiro atoms. The molecule has 3 rings (SSSR count). The molecule has 0 bridgehead atoms. The minimum absolute atomic E-state index is 0.0663. The Bertz CT molecular complexity index is 940. The summed E-state index contributed by atoms with van der Waals surface area (Å²) in [6, 6.07) is 13.1. The Hall–Kier alpha value is -3.32. The summed E-state index contributed by atoms with van der Waals surface area (Å²) in [4.78, 5) is 26.0. The highest BCUT2D eigenvalue weighted by Gasteiger charge is 2.23. The first kappa shape index (κ1) is 22.4. The van der Waals surface area contributed by atoms with Crippen molar-refractivity contribution in [1.82, 2.24) is 4.90 Å². The zero-order chi connectivity index (χ0) is 22.2. The highest BCUT2D eigenvalue weighted by molar-refractivity contribution is 6.02. The van der Waals surface area contributed by atoms with Crippen LogP contribution in [0.4, 0.5) is 5.69 Å². The monoisotopic (exact) mass is 423 g/mol. The number of likely N-dealkylation sites (tertiary alicyclic amines) is 1. The number of methoxy groups -OCH3 is 2. The third-order valence-corrected chi connectivity index (χ3v) is 5.39. The second-order valence-corrected chi connectivity index (χ2v) is 7.60. The quantitative estimate of drug-likeness (QED) is 0.637. The SMILES string of the molecule is COc1ccc(/C=C/C(=O)Nc2ccc(CN3CCCC(C(N)=O)C3)cc2)c(OC)c1. The number of ether oxygens (including phenoxy) is 2. The van der Waals surface area contributed by atoms with Gasteiger partial charge in [-0.05, 0) is 55.3 Å². The van der Waals surface area contributed by atoms with E-state index in [1.165, 1.54) is 6.08 Å². The number of hydrogen-bond donors (Lipinski definition) is 2. The lowest BCUT2D eigenvalue weighted by atomic mass is 9.97. The number of amides is 2. The Morgan fingerprint density at radius 2 is 1.94 bits per heavy atom. The van der Waals surface area contributed by atoms with Gasteiger partial charge in [0.15, 0.2) is 0 Å². The Balaban J connectivity index is 1.55. The van der Waals surface area contributed by atoms with Gasteiger partial charge < -0.3 is 20.5 Å². The molecule has 0 saturated carbocycles. The van der Waals surface area contributed by atoms with Crippen molar-refractivity contribution in [3.05, 3.63) is 59.7 Å². The summed E-state index contributed by atoms with van der Waals surface area (Å²) in [5.74, 6) is 0.801. The first-order valence-electron chi connectivity index (χ1n) is 10.3. The van der Waals surface area contributed by atoms with Gasteiger partial charge in [0.05, 0.1) is 20.1 Å². The standard InChI is InChI=1S/C24H29N3O4/c1-30-21-11-7-18(22(14-21)31-2)8-12-23(28)26-20-9-5-17(6-10-20)15-27-13-3-4-19(16-27)24(25)29/h5-12,14,19H,3-4,13,15-16H2,1-2H3,(H2,25,29)(H,26,28)/b12-8+. The van der Waals surface area contributed by atoms with E-state index in [-0.39, 0.29) is 17.7 Å². The molecule has 7 heteroatoms. The average molecular weight is 424 g/mol. The van der Waals surface area contributed by atoms with E-state index in [9.17, 15) is 9.59 Å². The van der Waals surface area contributed by atoms with Gasteiger partial charge in [-0.15, -0.1) is 0 Å². The number of nitrogens with two attached hydrogens (primary N) is 1. The molecule has 7 nitrogen and oxygen atoms in total. The van der Waals surface area contributed by atoms with Gasteiger partial charge in [0.1, 0.15) is 11.5 Å². The lowest BCUT2D eigenvalue weighted by Gasteiger charge is -2.31. The van der Waals surface area contributed by atoms with Crippen molar-refractivity contribution < 1.29 is 19.1 Å². The lowest BCUT2D eigenvalue weighted by Crippen LogP contribution is -2.40. The van der Waals surface area contributed by atoms with Gasteiger partial charge >= 0.3 is 0 Å². The third-order valence-electron chi connectivity index (χ3n) is 5.39. The normalized spacial score (nSPS) is 16.8. The first-order chi connectivity index (χ1) is 15.0. The number of nitrogens with one attached hydrogen (secondary N) is 1. The van der Waals surface area contributed by atoms with Crippen molar-refractivity contribution in [3.8, 4) is 11.5 Å². The summed E-state index contributed by atoms with van der Waals surface area (Å²) in [7, 11) is 3.17. The summed E-state index contributed by atoms with van der Waals surface area (Å²) in [6.45, 7) is 2.42. The lowest BCUT2D eigenvalue weighted by molar-refractivity contribution is -0.123. The molecular formula is C24H29N3O4. The van der Waals surface area contributed by atoms with Gasteiger partial charge in [0.25, 0.3) is 0 Å². The van der Waals surface area contributed by atoms with Gasteiger partial charge in [0.2, 0.25) is 11.8 Å². The summed E-state index contributed by atoms with van der Waals surface area (Å²) >= 11 is 0. The maximum absolute atomic E-state index is 12.3. The Kier molecular flexibility index (Phi) is 7.67. The molecule has 0 radical (unpaired) electrons. The zero-order valence-electron chi connectivity index (χ0n) is 18.0. The van der Waals surface area contributed by atoms with E-state index in [0.717, 1.165) is 37.1 Å². The highest BCUT2D eigenvalue weighted by atomic mass is 16.5. The molecule has 1 aliphatic rings. The van der Waals surface area contributed by atoms with Gasteiger partial charge in [0, 0.05) is 36.5 Å². The number of hydrogen-bond acceptors (Lipinski definition) is 5. The van der Waals surface area contributed by atoms with Crippen LogP contribution >= 0.6 is 0 Å². The van der Waals surface area contributed by atoms with E-state index in [1.54, 1.807) is 26.4 Å². The van der Waals surface area contributed by atoms with Crippen LogP contribution in [-0.4, -0.2) is 44.0 Å². The Morgan fingerprint density at radius 1 is 1.16 bits per heavy atom. The molecule has 1 fully saturated rings. The molecule has 1 unspecified atom stereocenters. The Labute approximate surface area is 182 Å². The van der Waals surface area contributed by atoms with E-state index < -0.39 is 0 Å². The second kappa shape index (κ2) is 10.6. The van der Waals surface area contributed by atoms with Crippen LogP contribution in [0.15, 0.2) is 48.5 Å². The molecule has 2 aromatic carbocycles. The smallest absolute Gasteiger partial charge is 0.248 e. The van der Waals surface area contributed by atoms with Crippen molar-refractivity contribution in [2.45, 2.75) is 19.4 Å². The van der Waals surface area contributed by atoms with Crippen LogP contribution in [0.3, 0.4) is 0 Å². The maximum Gasteiger partial charge on any atom is 0.248 e. The van der Waals surface area contributed by atoms with Gasteiger partial charge in [-0.2, -0.15) is 0 Å². The molecule has 2 amide bonds. The average Bonchev–Trinajstić information content (AvgIpc) is 2.79. The predicted molar refractivity (Wildman–Crippen MR) is 121 cm³/mol. The minimum Gasteiger partial charge on any atom is -0.497 e. The molecule has 164 valence electrons. The molecule has 1 aliphatic heterocycles. The van der Waals surface area contributed by atoms with Crippen LogP contribution in [0.25, 0.3) is 6.08 Å². The number of benzene rings is 2. The van der Waals surface area contributed by atoms with Crippen LogP contribution < -0.4 is 20.5 Å². The Morgan fingerprint density at radius 3 is 2.61 bits per heavy atom. The van der Waals surface area contributed by atoms with Crippen LogP contribution in [0.1, 0.15) is 24.0 Å². The van der Waals surface area contributed by atoms with E-state index in [0.29, 0.717) is 23.7 Å². The molecule has 1 heterocycles. The highest BCUT2D eigenvalue weighted by Crippen LogP contribution is 2.25. The molecule has 2 aromatic rings. The van der Waals surface area contributed by atoms with Crippen LogP contribution in [-0.2, 0) is 16.1 Å². The fourth-order valence-corrected chi connectivity index (χ4v) is 3.69. The van der Waals surface area contributed by atoms with Gasteiger partial charge in [-0.3, -0.25) is 14.5 Å². The second-order valence-electron chi connectivity index (χ2n) is 7.60. The van der Waals surface area contributed by atoms with Crippen LogP contribution in [0.2, 0.25) is 0 Å². The topological polar surface area (TPSA) is 93.9 Å². The number of carbonyl (C=O) groups excluding carboxylic acids is 2. The predicted octanol–water partition coefficient (Wildman–Crippen LogP) is 3.05. The van der Waals surface area contributed by atoms with Gasteiger partial charge in [-0.1, -0.05) is 12.1 Å². The maximum atomic E-state index is 12.3. The molecule has 1 atom stereocenters. The van der Waals surface area contributed by atoms with E-state index in [4.69, 9.17) is 15.2 Å². The molecule has 31 heavy (non-hydrogen) atoms. The number of anilines is 1. The molecule has 3 N–H and O–H groups in total. The van der Waals surface area contributed by atoms with Gasteiger partial charge in [-0.25, -0.2) is 0 Å². The number of carbonyl (C=O) groups is 2. The largest absolute Gasteiger partial charge is 0.497 e. The molecule has 0 aliphatic carbocycles. The van der Waals surface area contributed by atoms with E-state index in [1.807, 2.05) is 36.4 Å². The van der Waals surface area contributed by atoms with Crippen molar-refractivity contribution in [2.24, 2.45) is 11.7 Å². The molecule has 0 aromatic heterocycles. The van der Waals surface area contributed by atoms with Crippen molar-refractivity contribution >= 4 is 23.6 Å².